The molecule has 0 saturated carbocycles. The van der Waals surface area contributed by atoms with Crippen LogP contribution in [0.5, 0.6) is 0 Å². The van der Waals surface area contributed by atoms with E-state index in [1.165, 1.54) is 28.7 Å². The minimum Gasteiger partial charge on any atom is -0.454 e. The summed E-state index contributed by atoms with van der Waals surface area (Å²) in [5.74, 6) is 0. The first-order chi connectivity index (χ1) is 35.9. The van der Waals surface area contributed by atoms with Crippen LogP contribution in [-0.4, -0.2) is 17.2 Å². The number of nitrogens with zero attached hydrogens (tertiary/aromatic N) is 2. The van der Waals surface area contributed by atoms with Crippen molar-refractivity contribution in [3.63, 3.8) is 0 Å². The van der Waals surface area contributed by atoms with Gasteiger partial charge in [-0.1, -0.05) is 200 Å². The molecule has 6 nitrogen and oxygen atoms in total. The van der Waals surface area contributed by atoms with Crippen LogP contribution in [-0.2, 0) is 21.7 Å². The van der Waals surface area contributed by atoms with E-state index in [0.717, 1.165) is 77.7 Å². The Hall–Kier alpha value is -5.98. The van der Waals surface area contributed by atoms with Crippen LogP contribution in [0.3, 0.4) is 0 Å². The van der Waals surface area contributed by atoms with E-state index in [9.17, 15) is 10.0 Å². The molecule has 0 atom stereocenters. The van der Waals surface area contributed by atoms with E-state index in [2.05, 4.69) is 256 Å². The molecule has 0 fully saturated rings. The molecular formula is C68H75BBrLiN2O4. The third-order valence-corrected chi connectivity index (χ3v) is 14.7. The van der Waals surface area contributed by atoms with Crippen molar-refractivity contribution in [2.24, 2.45) is 0 Å². The number of rotatable bonds is 8. The third-order valence-electron chi connectivity index (χ3n) is 14.1. The van der Waals surface area contributed by atoms with Gasteiger partial charge in [-0.25, -0.2) is 0 Å². The molecule has 0 aliphatic heterocycles. The van der Waals surface area contributed by atoms with Crippen molar-refractivity contribution in [2.75, 3.05) is 9.80 Å². The summed E-state index contributed by atoms with van der Waals surface area (Å²) in [5.41, 5.74) is 14.9. The van der Waals surface area contributed by atoms with Crippen molar-refractivity contribution in [3.8, 4) is 0 Å². The summed E-state index contributed by atoms with van der Waals surface area (Å²) in [6.45, 7) is 32.5. The van der Waals surface area contributed by atoms with E-state index in [0.29, 0.717) is 16.6 Å². The molecule has 10 aromatic rings. The topological polar surface area (TPSA) is 73.2 Å². The molecule has 0 saturated heterocycles. The van der Waals surface area contributed by atoms with Crippen LogP contribution in [0.4, 0.5) is 34.1 Å². The standard InChI is InChI=1S/C32H34BNO3.C32H32BrNO.C4H9.Li/c1-31(2,3)21-13-17-23(18-14-21)34(24-19-15-22(16-20-24)32(4,5)6)28-12-8-10-26-25-9-7-11-27(33(35)36)29(25)37-30(26)28;1-31(2,3)21-13-17-23(18-14-21)34(24-19-15-22(16-20-24)32(4,5)6)28-12-8-10-26-25-9-7-11-27(33)29(25)35-30(26)28;1-3-4-2;/h7-20,35-36H,1-6H3;7-20H,1-6H3;1,3-4H2,2H3;/q;;-1;+1. The van der Waals surface area contributed by atoms with Gasteiger partial charge in [-0.3, -0.25) is 0 Å². The quantitative estimate of drug-likeness (QED) is 0.117. The Kier molecular flexibility index (Phi) is 18.0. The zero-order valence-electron chi connectivity index (χ0n) is 47.8. The minimum absolute atomic E-state index is 0. The summed E-state index contributed by atoms with van der Waals surface area (Å²) in [6.07, 6.45) is 2.28. The second-order valence-electron chi connectivity index (χ2n) is 23.9. The van der Waals surface area contributed by atoms with Crippen molar-refractivity contribution in [1.82, 2.24) is 0 Å². The molecule has 0 spiro atoms. The Morgan fingerprint density at radius 2 is 0.688 bits per heavy atom. The van der Waals surface area contributed by atoms with Crippen LogP contribution in [0.1, 0.15) is 125 Å². The van der Waals surface area contributed by atoms with E-state index in [-0.39, 0.29) is 40.5 Å². The van der Waals surface area contributed by atoms with Crippen LogP contribution in [0, 0.1) is 6.92 Å². The Labute approximate surface area is 479 Å². The average Bonchev–Trinajstić information content (AvgIpc) is 4.03. The number of hydrogen-bond acceptors (Lipinski definition) is 6. The van der Waals surface area contributed by atoms with Crippen molar-refractivity contribution < 1.29 is 37.7 Å². The second kappa shape index (κ2) is 23.5. The average molecular weight is 1080 g/mol. The fraction of sp³-hybridized carbons (Fsp3) is 0.279. The van der Waals surface area contributed by atoms with Gasteiger partial charge in [0.15, 0.2) is 11.2 Å². The molecule has 0 amide bonds. The van der Waals surface area contributed by atoms with E-state index in [4.69, 9.17) is 8.83 Å². The maximum absolute atomic E-state index is 9.95. The van der Waals surface area contributed by atoms with Crippen molar-refractivity contribution in [2.45, 2.75) is 125 Å². The first-order valence-corrected chi connectivity index (χ1v) is 27.4. The first-order valence-electron chi connectivity index (χ1n) is 26.6. The first kappa shape index (κ1) is 58.7. The number of halogens is 1. The van der Waals surface area contributed by atoms with E-state index < -0.39 is 7.12 Å². The van der Waals surface area contributed by atoms with Crippen molar-refractivity contribution in [1.29, 1.82) is 0 Å². The molecule has 0 radical (unpaired) electrons. The summed E-state index contributed by atoms with van der Waals surface area (Å²) in [6, 6.07) is 59.3. The molecule has 77 heavy (non-hydrogen) atoms. The third kappa shape index (κ3) is 12.8. The van der Waals surface area contributed by atoms with Gasteiger partial charge in [-0.2, -0.15) is 6.42 Å². The van der Waals surface area contributed by atoms with Crippen LogP contribution in [0.25, 0.3) is 43.9 Å². The fourth-order valence-electron chi connectivity index (χ4n) is 9.45. The summed E-state index contributed by atoms with van der Waals surface area (Å²) in [7, 11) is -1.61. The maximum atomic E-state index is 9.95. The van der Waals surface area contributed by atoms with Gasteiger partial charge in [-0.15, -0.1) is 0 Å². The van der Waals surface area contributed by atoms with E-state index in [1.54, 1.807) is 6.07 Å². The molecule has 392 valence electrons. The summed E-state index contributed by atoms with van der Waals surface area (Å²) in [5, 5.41) is 23.9. The molecule has 9 heteroatoms. The molecule has 8 aromatic carbocycles. The smallest absolute Gasteiger partial charge is 0.454 e. The van der Waals surface area contributed by atoms with Gasteiger partial charge in [0.2, 0.25) is 0 Å². The Balaban J connectivity index is 0.000000207. The molecule has 2 aromatic heterocycles. The molecule has 0 aliphatic rings. The van der Waals surface area contributed by atoms with Crippen LogP contribution in [0.15, 0.2) is 183 Å². The zero-order valence-corrected chi connectivity index (χ0v) is 49.4. The number of para-hydroxylation sites is 4. The summed E-state index contributed by atoms with van der Waals surface area (Å²) < 4.78 is 13.9. The molecule has 0 bridgehead atoms. The van der Waals surface area contributed by atoms with Crippen molar-refractivity contribution in [3.05, 3.63) is 204 Å². The number of anilines is 6. The zero-order chi connectivity index (χ0) is 54.9. The van der Waals surface area contributed by atoms with Crippen LogP contribution < -0.4 is 34.1 Å². The van der Waals surface area contributed by atoms with Gasteiger partial charge in [-0.05, 0) is 127 Å². The Morgan fingerprint density at radius 1 is 0.416 bits per heavy atom. The van der Waals surface area contributed by atoms with Gasteiger partial charge in [0.05, 0.1) is 15.8 Å². The molecular weight excluding hydrogens is 1010 g/mol. The van der Waals surface area contributed by atoms with Gasteiger partial charge in [0.25, 0.3) is 0 Å². The molecule has 0 aliphatic carbocycles. The van der Waals surface area contributed by atoms with Crippen LogP contribution >= 0.6 is 15.9 Å². The predicted molar refractivity (Wildman–Crippen MR) is 329 cm³/mol. The summed E-state index contributed by atoms with van der Waals surface area (Å²) in [4.78, 5) is 4.51. The van der Waals surface area contributed by atoms with Gasteiger partial charge in [0.1, 0.15) is 11.2 Å². The number of furan rings is 2. The number of unbranched alkanes of at least 4 members (excludes halogenated alkanes) is 1. The number of fused-ring (bicyclic) bond motifs is 6. The Morgan fingerprint density at radius 3 is 0.987 bits per heavy atom. The summed E-state index contributed by atoms with van der Waals surface area (Å²) >= 11 is 3.67. The fourth-order valence-corrected chi connectivity index (χ4v) is 9.90. The molecule has 2 heterocycles. The number of hydrogen-bond donors (Lipinski definition) is 2. The normalized spacial score (nSPS) is 12.0. The molecule has 0 unspecified atom stereocenters. The Bertz CT molecular complexity index is 3460. The van der Waals surface area contributed by atoms with Gasteiger partial charge in [0, 0.05) is 49.8 Å². The van der Waals surface area contributed by atoms with Gasteiger partial charge < -0.3 is 35.6 Å². The maximum Gasteiger partial charge on any atom is 1.00 e. The SMILES string of the molecule is CC(C)(C)c1ccc(N(c2ccc(C(C)(C)C)cc2)c2cccc3c2oc2c(B(O)O)cccc23)cc1.CC(C)(C)c1ccc(N(c2ccc(C(C)(C)C)cc2)c2cccc3c2oc2c(Br)cccc23)cc1.[CH2-]CCC.[Li+]. The second-order valence-corrected chi connectivity index (χ2v) is 24.8. The number of benzene rings is 8. The van der Waals surface area contributed by atoms with Gasteiger partial charge >= 0.3 is 26.0 Å². The molecule has 10 rings (SSSR count). The predicted octanol–water partition coefficient (Wildman–Crippen LogP) is 16.4. The van der Waals surface area contributed by atoms with E-state index >= 15 is 0 Å². The van der Waals surface area contributed by atoms with Crippen molar-refractivity contribution >= 4 is 107 Å². The monoisotopic (exact) mass is 1080 g/mol. The minimum atomic E-state index is -1.61. The van der Waals surface area contributed by atoms with Crippen LogP contribution in [0.2, 0.25) is 0 Å². The molecule has 2 N–H and O–H groups in total. The van der Waals surface area contributed by atoms with E-state index in [1.807, 2.05) is 30.3 Å². The largest absolute Gasteiger partial charge is 1.00 e.